The number of nitrogens with zero attached hydrogens (tertiary/aromatic N) is 3. The van der Waals surface area contributed by atoms with Crippen molar-refractivity contribution in [2.75, 3.05) is 20.6 Å². The average Bonchev–Trinajstić information content (AvgIpc) is 3.20. The molecular weight excluding hydrogens is 400 g/mol. The predicted molar refractivity (Wildman–Crippen MR) is 126 cm³/mol. The van der Waals surface area contributed by atoms with Crippen LogP contribution in [0.2, 0.25) is 0 Å². The Kier molecular flexibility index (Phi) is 6.52. The fourth-order valence-corrected chi connectivity index (χ4v) is 3.65. The van der Waals surface area contributed by atoms with Crippen LogP contribution in [0.3, 0.4) is 0 Å². The molecule has 4 rings (SSSR count). The number of imidazole rings is 1. The number of benzene rings is 2. The van der Waals surface area contributed by atoms with Crippen molar-refractivity contribution >= 4 is 11.6 Å². The molecule has 0 saturated carbocycles. The minimum Gasteiger partial charge on any atom is -0.487 e. The van der Waals surface area contributed by atoms with Crippen molar-refractivity contribution < 1.29 is 9.53 Å². The first-order valence-electron chi connectivity index (χ1n) is 10.7. The summed E-state index contributed by atoms with van der Waals surface area (Å²) in [5, 5.41) is 3.04. The molecule has 164 valence electrons. The summed E-state index contributed by atoms with van der Waals surface area (Å²) in [6.45, 7) is 2.95. The number of amides is 1. The van der Waals surface area contributed by atoms with E-state index in [4.69, 9.17) is 4.74 Å². The molecule has 0 fully saturated rings. The van der Waals surface area contributed by atoms with Gasteiger partial charge < -0.3 is 19.4 Å². The number of carbonyl (C=O) groups excluding carboxylic acids is 1. The highest BCUT2D eigenvalue weighted by Crippen LogP contribution is 2.18. The minimum atomic E-state index is -0.102. The largest absolute Gasteiger partial charge is 0.487 e. The quantitative estimate of drug-likeness (QED) is 0.456. The number of nitrogens with one attached hydrogen (secondary N) is 1. The van der Waals surface area contributed by atoms with Crippen LogP contribution < -0.4 is 10.1 Å². The summed E-state index contributed by atoms with van der Waals surface area (Å²) in [5.74, 6) is 0.597. The van der Waals surface area contributed by atoms with Gasteiger partial charge in [0.25, 0.3) is 5.91 Å². The van der Waals surface area contributed by atoms with Crippen LogP contribution >= 0.6 is 0 Å². The van der Waals surface area contributed by atoms with Crippen LogP contribution in [0.25, 0.3) is 5.65 Å². The number of hydrogen-bond donors (Lipinski definition) is 1. The van der Waals surface area contributed by atoms with E-state index < -0.39 is 0 Å². The lowest BCUT2D eigenvalue weighted by Gasteiger charge is -2.25. The second kappa shape index (κ2) is 9.66. The number of aryl methyl sites for hydroxylation is 1. The molecule has 0 aliphatic heterocycles. The highest BCUT2D eigenvalue weighted by Gasteiger charge is 2.15. The second-order valence-electron chi connectivity index (χ2n) is 8.12. The van der Waals surface area contributed by atoms with Crippen molar-refractivity contribution in [3.8, 4) is 5.75 Å². The zero-order chi connectivity index (χ0) is 22.5. The maximum atomic E-state index is 12.6. The topological polar surface area (TPSA) is 58.9 Å². The van der Waals surface area contributed by atoms with Crippen molar-refractivity contribution in [2.45, 2.75) is 19.6 Å². The van der Waals surface area contributed by atoms with E-state index in [1.807, 2.05) is 73.4 Å². The van der Waals surface area contributed by atoms with Crippen molar-refractivity contribution in [1.29, 1.82) is 0 Å². The Morgan fingerprint density at radius 2 is 1.78 bits per heavy atom. The third kappa shape index (κ3) is 5.15. The number of hydrogen-bond acceptors (Lipinski definition) is 4. The third-order valence-corrected chi connectivity index (χ3v) is 5.42. The second-order valence-corrected chi connectivity index (χ2v) is 8.12. The van der Waals surface area contributed by atoms with E-state index in [0.717, 1.165) is 11.3 Å². The summed E-state index contributed by atoms with van der Waals surface area (Å²) in [4.78, 5) is 19.3. The SMILES string of the molecule is Cc1ccc2nc(COc3ccc(C(=O)NC[C@H](c4ccccc4)N(C)C)cc3)cn2c1. The normalized spacial score (nSPS) is 12.1. The van der Waals surface area contributed by atoms with Crippen LogP contribution in [0.4, 0.5) is 0 Å². The average molecular weight is 429 g/mol. The van der Waals surface area contributed by atoms with Gasteiger partial charge in [0.05, 0.1) is 11.7 Å². The Bertz CT molecular complexity index is 1180. The van der Waals surface area contributed by atoms with E-state index in [-0.39, 0.29) is 11.9 Å². The molecule has 0 unspecified atom stereocenters. The number of pyridine rings is 1. The van der Waals surface area contributed by atoms with E-state index >= 15 is 0 Å². The van der Waals surface area contributed by atoms with E-state index in [9.17, 15) is 4.79 Å². The van der Waals surface area contributed by atoms with Gasteiger partial charge in [-0.1, -0.05) is 36.4 Å². The summed E-state index contributed by atoms with van der Waals surface area (Å²) >= 11 is 0. The molecule has 0 aliphatic rings. The fourth-order valence-electron chi connectivity index (χ4n) is 3.65. The van der Waals surface area contributed by atoms with Crippen molar-refractivity contribution in [2.24, 2.45) is 0 Å². The molecule has 1 atom stereocenters. The Morgan fingerprint density at radius 1 is 1.03 bits per heavy atom. The summed E-state index contributed by atoms with van der Waals surface area (Å²) < 4.78 is 7.86. The molecule has 32 heavy (non-hydrogen) atoms. The molecule has 0 saturated heterocycles. The molecule has 1 N–H and O–H groups in total. The van der Waals surface area contributed by atoms with Crippen LogP contribution in [0.15, 0.2) is 79.1 Å². The van der Waals surface area contributed by atoms with Gasteiger partial charge in [0, 0.05) is 24.5 Å². The van der Waals surface area contributed by atoms with Crippen LogP contribution in [0, 0.1) is 6.92 Å². The predicted octanol–water partition coefficient (Wildman–Crippen LogP) is 4.25. The van der Waals surface area contributed by atoms with Crippen LogP contribution in [0.5, 0.6) is 5.75 Å². The highest BCUT2D eigenvalue weighted by atomic mass is 16.5. The van der Waals surface area contributed by atoms with Crippen molar-refractivity contribution in [3.05, 3.63) is 102 Å². The molecular formula is C26H28N4O2. The molecule has 0 aliphatic carbocycles. The molecule has 2 aromatic carbocycles. The van der Waals surface area contributed by atoms with Crippen LogP contribution in [-0.2, 0) is 6.61 Å². The summed E-state index contributed by atoms with van der Waals surface area (Å²) in [7, 11) is 4.03. The zero-order valence-corrected chi connectivity index (χ0v) is 18.7. The van der Waals surface area contributed by atoms with Crippen LogP contribution in [-0.4, -0.2) is 40.8 Å². The lowest BCUT2D eigenvalue weighted by molar-refractivity contribution is 0.0942. The van der Waals surface area contributed by atoms with Gasteiger partial charge in [-0.15, -0.1) is 0 Å². The Hall–Kier alpha value is -3.64. The molecule has 4 aromatic rings. The first-order valence-corrected chi connectivity index (χ1v) is 10.7. The first kappa shape index (κ1) is 21.6. The molecule has 0 spiro atoms. The van der Waals surface area contributed by atoms with E-state index in [2.05, 4.69) is 34.3 Å². The first-order chi connectivity index (χ1) is 15.5. The van der Waals surface area contributed by atoms with Gasteiger partial charge in [0.1, 0.15) is 18.0 Å². The minimum absolute atomic E-state index is 0.102. The number of carbonyl (C=O) groups is 1. The number of fused-ring (bicyclic) bond motifs is 1. The third-order valence-electron chi connectivity index (χ3n) is 5.42. The number of rotatable bonds is 8. The number of ether oxygens (including phenoxy) is 1. The molecule has 6 nitrogen and oxygen atoms in total. The van der Waals surface area contributed by atoms with Gasteiger partial charge in [0.2, 0.25) is 0 Å². The van der Waals surface area contributed by atoms with Gasteiger partial charge in [-0.25, -0.2) is 4.98 Å². The summed E-state index contributed by atoms with van der Waals surface area (Å²) in [5.41, 5.74) is 4.70. The standard InChI is InChI=1S/C26H28N4O2/c1-19-9-14-25-28-22(17-30(25)16-19)18-32-23-12-10-21(11-13-23)26(31)27-15-24(29(2)3)20-7-5-4-6-8-20/h4-14,16-17,24H,15,18H2,1-3H3,(H,27,31)/t24-/m1/s1. The van der Waals surface area contributed by atoms with Crippen molar-refractivity contribution in [1.82, 2.24) is 19.6 Å². The zero-order valence-electron chi connectivity index (χ0n) is 18.7. The van der Waals surface area contributed by atoms with Gasteiger partial charge in [0.15, 0.2) is 0 Å². The maximum absolute atomic E-state index is 12.6. The smallest absolute Gasteiger partial charge is 0.251 e. The fraction of sp³-hybridized carbons (Fsp3) is 0.231. The monoisotopic (exact) mass is 428 g/mol. The Labute approximate surface area is 188 Å². The van der Waals surface area contributed by atoms with Crippen molar-refractivity contribution in [3.63, 3.8) is 0 Å². The lowest BCUT2D eigenvalue weighted by atomic mass is 10.1. The molecule has 1 amide bonds. The maximum Gasteiger partial charge on any atom is 0.251 e. The molecule has 2 heterocycles. The molecule has 0 radical (unpaired) electrons. The van der Waals surface area contributed by atoms with E-state index in [1.54, 1.807) is 12.1 Å². The highest BCUT2D eigenvalue weighted by molar-refractivity contribution is 5.94. The van der Waals surface area contributed by atoms with Crippen LogP contribution in [0.1, 0.15) is 33.2 Å². The molecule has 6 heteroatoms. The lowest BCUT2D eigenvalue weighted by Crippen LogP contribution is -2.34. The number of aromatic nitrogens is 2. The molecule has 0 bridgehead atoms. The Morgan fingerprint density at radius 3 is 2.50 bits per heavy atom. The van der Waals surface area contributed by atoms with Gasteiger partial charge in [-0.2, -0.15) is 0 Å². The van der Waals surface area contributed by atoms with E-state index in [0.29, 0.717) is 24.5 Å². The Balaban J connectivity index is 1.33. The molecule has 2 aromatic heterocycles. The summed E-state index contributed by atoms with van der Waals surface area (Å²) in [6, 6.07) is 21.5. The van der Waals surface area contributed by atoms with E-state index in [1.165, 1.54) is 11.1 Å². The van der Waals surface area contributed by atoms with Gasteiger partial charge in [-0.05, 0) is 62.5 Å². The summed E-state index contributed by atoms with van der Waals surface area (Å²) in [6.07, 6.45) is 4.01. The van der Waals surface area contributed by atoms with Gasteiger partial charge in [-0.3, -0.25) is 4.79 Å². The number of likely N-dealkylation sites (N-methyl/N-ethyl adjacent to an activating group) is 1. The van der Waals surface area contributed by atoms with Gasteiger partial charge >= 0.3 is 0 Å².